The highest BCUT2D eigenvalue weighted by Crippen LogP contribution is 2.11. The molecular formula is C16H16ClNO2S. The van der Waals surface area contributed by atoms with Crippen LogP contribution in [0.25, 0.3) is 0 Å². The Labute approximate surface area is 131 Å². The van der Waals surface area contributed by atoms with E-state index in [1.54, 1.807) is 12.1 Å². The second-order valence-electron chi connectivity index (χ2n) is 4.52. The maximum atomic E-state index is 12.0. The molecule has 2 rings (SSSR count). The zero-order chi connectivity index (χ0) is 15.1. The van der Waals surface area contributed by atoms with Crippen LogP contribution in [-0.4, -0.2) is 22.4 Å². The number of amides is 1. The number of hydrogen-bond acceptors (Lipinski definition) is 2. The molecule has 0 spiro atoms. The minimum absolute atomic E-state index is 0.0951. The van der Waals surface area contributed by atoms with E-state index in [1.807, 2.05) is 42.5 Å². The standard InChI is InChI=1S/C16H16ClNO2S/c17-14-6-4-5-13(11-14)12-16(19)18-9-10-21(20)15-7-2-1-3-8-15/h1-8,11H,9-10,12H2,(H,18,19)/t21-/m1/s1. The van der Waals surface area contributed by atoms with Gasteiger partial charge in [0.05, 0.1) is 17.2 Å². The summed E-state index contributed by atoms with van der Waals surface area (Å²) in [6.07, 6.45) is 0.276. The monoisotopic (exact) mass is 321 g/mol. The van der Waals surface area contributed by atoms with Gasteiger partial charge in [-0.05, 0) is 29.8 Å². The van der Waals surface area contributed by atoms with E-state index in [4.69, 9.17) is 11.6 Å². The van der Waals surface area contributed by atoms with Crippen molar-refractivity contribution in [3.8, 4) is 0 Å². The molecule has 0 saturated carbocycles. The van der Waals surface area contributed by atoms with Crippen molar-refractivity contribution in [1.29, 1.82) is 0 Å². The van der Waals surface area contributed by atoms with Gasteiger partial charge in [0.2, 0.25) is 5.91 Å². The minimum Gasteiger partial charge on any atom is -0.355 e. The molecule has 0 bridgehead atoms. The lowest BCUT2D eigenvalue weighted by molar-refractivity contribution is -0.120. The fraction of sp³-hybridized carbons (Fsp3) is 0.188. The predicted molar refractivity (Wildman–Crippen MR) is 85.9 cm³/mol. The van der Waals surface area contributed by atoms with Crippen LogP contribution in [0, 0.1) is 0 Å². The van der Waals surface area contributed by atoms with Gasteiger partial charge in [0.15, 0.2) is 0 Å². The highest BCUT2D eigenvalue weighted by Gasteiger charge is 2.06. The van der Waals surface area contributed by atoms with Gasteiger partial charge in [-0.15, -0.1) is 0 Å². The molecule has 1 N–H and O–H groups in total. The quantitative estimate of drug-likeness (QED) is 0.889. The smallest absolute Gasteiger partial charge is 0.224 e. The summed E-state index contributed by atoms with van der Waals surface area (Å²) in [6, 6.07) is 16.4. The van der Waals surface area contributed by atoms with Crippen molar-refractivity contribution in [3.63, 3.8) is 0 Å². The van der Waals surface area contributed by atoms with E-state index in [2.05, 4.69) is 5.32 Å². The SMILES string of the molecule is O=C(Cc1cccc(Cl)c1)NCC[S@@](=O)c1ccccc1. The Hall–Kier alpha value is -1.65. The number of nitrogens with one attached hydrogen (secondary N) is 1. The van der Waals surface area contributed by atoms with Gasteiger partial charge in [0.25, 0.3) is 0 Å². The van der Waals surface area contributed by atoms with E-state index in [-0.39, 0.29) is 12.3 Å². The molecule has 1 amide bonds. The Balaban J connectivity index is 1.76. The maximum absolute atomic E-state index is 12.0. The number of carbonyl (C=O) groups excluding carboxylic acids is 1. The third-order valence-corrected chi connectivity index (χ3v) is 4.48. The second kappa shape index (κ2) is 7.96. The van der Waals surface area contributed by atoms with Crippen molar-refractivity contribution in [2.75, 3.05) is 12.3 Å². The molecule has 0 radical (unpaired) electrons. The maximum Gasteiger partial charge on any atom is 0.224 e. The van der Waals surface area contributed by atoms with E-state index < -0.39 is 10.8 Å². The van der Waals surface area contributed by atoms with Gasteiger partial charge < -0.3 is 5.32 Å². The highest BCUT2D eigenvalue weighted by molar-refractivity contribution is 7.85. The summed E-state index contributed by atoms with van der Waals surface area (Å²) < 4.78 is 12.0. The molecule has 0 unspecified atom stereocenters. The van der Waals surface area contributed by atoms with Gasteiger partial charge in [0, 0.05) is 22.2 Å². The molecule has 0 aliphatic rings. The first-order valence-electron chi connectivity index (χ1n) is 6.60. The minimum atomic E-state index is -1.09. The van der Waals surface area contributed by atoms with E-state index >= 15 is 0 Å². The summed E-state index contributed by atoms with van der Waals surface area (Å²) in [5, 5.41) is 3.39. The molecule has 0 heterocycles. The van der Waals surface area contributed by atoms with Gasteiger partial charge in [0.1, 0.15) is 0 Å². The molecule has 2 aromatic rings. The van der Waals surface area contributed by atoms with Crippen molar-refractivity contribution < 1.29 is 9.00 Å². The Morgan fingerprint density at radius 1 is 1.10 bits per heavy atom. The Morgan fingerprint density at radius 3 is 2.57 bits per heavy atom. The zero-order valence-electron chi connectivity index (χ0n) is 11.4. The molecule has 5 heteroatoms. The van der Waals surface area contributed by atoms with Gasteiger partial charge in [-0.25, -0.2) is 0 Å². The van der Waals surface area contributed by atoms with Gasteiger partial charge in [-0.3, -0.25) is 9.00 Å². The van der Waals surface area contributed by atoms with Crippen LogP contribution in [0.2, 0.25) is 5.02 Å². The first kappa shape index (κ1) is 15.7. The van der Waals surface area contributed by atoms with Crippen molar-refractivity contribution >= 4 is 28.3 Å². The summed E-state index contributed by atoms with van der Waals surface area (Å²) in [6.45, 7) is 0.390. The number of rotatable bonds is 6. The Morgan fingerprint density at radius 2 is 1.86 bits per heavy atom. The van der Waals surface area contributed by atoms with E-state index in [9.17, 15) is 9.00 Å². The van der Waals surface area contributed by atoms with Gasteiger partial charge >= 0.3 is 0 Å². The van der Waals surface area contributed by atoms with Crippen LogP contribution in [0.4, 0.5) is 0 Å². The van der Waals surface area contributed by atoms with Crippen LogP contribution in [-0.2, 0) is 22.0 Å². The lowest BCUT2D eigenvalue weighted by atomic mass is 10.1. The van der Waals surface area contributed by atoms with Crippen molar-refractivity contribution in [1.82, 2.24) is 5.32 Å². The van der Waals surface area contributed by atoms with Gasteiger partial charge in [-0.1, -0.05) is 41.9 Å². The van der Waals surface area contributed by atoms with Crippen LogP contribution in [0.3, 0.4) is 0 Å². The summed E-state index contributed by atoms with van der Waals surface area (Å²) in [7, 11) is -1.09. The number of carbonyl (C=O) groups is 1. The summed E-state index contributed by atoms with van der Waals surface area (Å²) in [5.41, 5.74) is 0.865. The lowest BCUT2D eigenvalue weighted by Gasteiger charge is -2.06. The van der Waals surface area contributed by atoms with Crippen LogP contribution in [0.1, 0.15) is 5.56 Å². The Bertz CT molecular complexity index is 631. The lowest BCUT2D eigenvalue weighted by Crippen LogP contribution is -2.29. The van der Waals surface area contributed by atoms with E-state index in [1.165, 1.54) is 0 Å². The van der Waals surface area contributed by atoms with E-state index in [0.29, 0.717) is 17.3 Å². The van der Waals surface area contributed by atoms with Crippen LogP contribution < -0.4 is 5.32 Å². The third-order valence-electron chi connectivity index (χ3n) is 2.87. The van der Waals surface area contributed by atoms with Crippen molar-refractivity contribution in [2.24, 2.45) is 0 Å². The number of hydrogen-bond donors (Lipinski definition) is 1. The summed E-state index contributed by atoms with van der Waals surface area (Å²) >= 11 is 5.87. The fourth-order valence-corrected chi connectivity index (χ4v) is 3.06. The molecule has 2 aromatic carbocycles. The molecule has 0 aliphatic carbocycles. The van der Waals surface area contributed by atoms with Crippen molar-refractivity contribution in [2.45, 2.75) is 11.3 Å². The molecule has 21 heavy (non-hydrogen) atoms. The zero-order valence-corrected chi connectivity index (χ0v) is 13.0. The number of halogens is 1. The molecule has 3 nitrogen and oxygen atoms in total. The summed E-state index contributed by atoms with van der Waals surface area (Å²) in [5.74, 6) is 0.313. The molecule has 110 valence electrons. The van der Waals surface area contributed by atoms with Crippen LogP contribution in [0.5, 0.6) is 0 Å². The largest absolute Gasteiger partial charge is 0.355 e. The average Bonchev–Trinajstić information content (AvgIpc) is 2.48. The fourth-order valence-electron chi connectivity index (χ4n) is 1.87. The highest BCUT2D eigenvalue weighted by atomic mass is 35.5. The molecule has 1 atom stereocenters. The van der Waals surface area contributed by atoms with Crippen LogP contribution >= 0.6 is 11.6 Å². The topological polar surface area (TPSA) is 46.2 Å². The molecule has 0 aromatic heterocycles. The average molecular weight is 322 g/mol. The molecule has 0 fully saturated rings. The first-order valence-corrected chi connectivity index (χ1v) is 8.29. The van der Waals surface area contributed by atoms with E-state index in [0.717, 1.165) is 10.5 Å². The first-order chi connectivity index (χ1) is 10.1. The molecule has 0 aliphatic heterocycles. The molecular weight excluding hydrogens is 306 g/mol. The predicted octanol–water partition coefficient (Wildman–Crippen LogP) is 2.81. The van der Waals surface area contributed by atoms with Gasteiger partial charge in [-0.2, -0.15) is 0 Å². The molecule has 0 saturated heterocycles. The second-order valence-corrected chi connectivity index (χ2v) is 6.53. The van der Waals surface area contributed by atoms with Crippen molar-refractivity contribution in [3.05, 3.63) is 65.2 Å². The van der Waals surface area contributed by atoms with Crippen LogP contribution in [0.15, 0.2) is 59.5 Å². The number of benzene rings is 2. The third kappa shape index (κ3) is 5.33. The normalized spacial score (nSPS) is 11.9. The summed E-state index contributed by atoms with van der Waals surface area (Å²) in [4.78, 5) is 12.6. The Kier molecular flexibility index (Phi) is 5.96.